The molecule has 4 heteroatoms. The van der Waals surface area contributed by atoms with Crippen LogP contribution >= 0.6 is 0 Å². The molecule has 0 atom stereocenters. The van der Waals surface area contributed by atoms with Crippen LogP contribution in [0.1, 0.15) is 0 Å². The molecule has 0 aromatic rings. The summed E-state index contributed by atoms with van der Waals surface area (Å²) in [6.45, 7) is 0. The van der Waals surface area contributed by atoms with Crippen molar-refractivity contribution in [2.24, 2.45) is 0 Å². The van der Waals surface area contributed by atoms with Crippen LogP contribution in [0.15, 0.2) is 0 Å². The molecule has 0 amide bonds. The SMILES string of the molecule is [Co].[Co].[Co].[Co]. The Kier molecular flexibility index (Phi) is 184. The molecule has 0 saturated heterocycles. The van der Waals surface area contributed by atoms with Gasteiger partial charge in [-0.05, 0) is 0 Å². The van der Waals surface area contributed by atoms with Crippen LogP contribution in [0.2, 0.25) is 0 Å². The van der Waals surface area contributed by atoms with Gasteiger partial charge in [-0.1, -0.05) is 0 Å². The third-order valence-electron chi connectivity index (χ3n) is 0. The Bertz CT molecular complexity index is 0. The van der Waals surface area contributed by atoms with E-state index in [1.807, 2.05) is 0 Å². The molecule has 0 spiro atoms. The second-order valence-electron chi connectivity index (χ2n) is 0. The number of rotatable bonds is 0. The van der Waals surface area contributed by atoms with Gasteiger partial charge >= 0.3 is 0 Å². The zero-order chi connectivity index (χ0) is 0. The molecular weight excluding hydrogens is 236 g/mol. The smallest absolute Gasteiger partial charge is 0 e. The van der Waals surface area contributed by atoms with Crippen LogP contribution in [0.3, 0.4) is 0 Å². The Morgan fingerprint density at radius 1 is 0.250 bits per heavy atom. The standard InChI is InChI=1S/4Co. The molecule has 36 valence electrons. The van der Waals surface area contributed by atoms with E-state index in [1.54, 1.807) is 0 Å². The molecule has 0 rings (SSSR count). The van der Waals surface area contributed by atoms with Gasteiger partial charge in [-0.3, -0.25) is 0 Å². The van der Waals surface area contributed by atoms with Crippen molar-refractivity contribution in [3.8, 4) is 0 Å². The Labute approximate surface area is 66.6 Å². The average molecular weight is 236 g/mol. The molecule has 0 aliphatic carbocycles. The first kappa shape index (κ1) is 37.1. The van der Waals surface area contributed by atoms with Crippen molar-refractivity contribution >= 4 is 0 Å². The summed E-state index contributed by atoms with van der Waals surface area (Å²) in [5.74, 6) is 0. The summed E-state index contributed by atoms with van der Waals surface area (Å²) in [6.07, 6.45) is 0. The fraction of sp³-hybridized carbons (Fsp3) is 0. The molecule has 0 bridgehead atoms. The van der Waals surface area contributed by atoms with E-state index in [0.29, 0.717) is 0 Å². The fourth-order valence-electron chi connectivity index (χ4n) is 0. The van der Waals surface area contributed by atoms with Crippen LogP contribution in [0.4, 0.5) is 0 Å². The predicted octanol–water partition coefficient (Wildman–Crippen LogP) is -0.0100. The zero-order valence-electron chi connectivity index (χ0n) is 1.33. The molecule has 0 nitrogen and oxygen atoms in total. The van der Waals surface area contributed by atoms with Crippen molar-refractivity contribution in [1.29, 1.82) is 0 Å². The van der Waals surface area contributed by atoms with Gasteiger partial charge in [0.15, 0.2) is 0 Å². The fourth-order valence-corrected chi connectivity index (χ4v) is 0. The summed E-state index contributed by atoms with van der Waals surface area (Å²) in [6, 6.07) is 0. The first-order chi connectivity index (χ1) is 0. The number of hydrogen-bond acceptors (Lipinski definition) is 0. The molecule has 0 N–H and O–H groups in total. The quantitative estimate of drug-likeness (QED) is 0.554. The van der Waals surface area contributed by atoms with Gasteiger partial charge in [-0.25, -0.2) is 0 Å². The van der Waals surface area contributed by atoms with Crippen LogP contribution in [0.25, 0.3) is 0 Å². The molecule has 0 aromatic heterocycles. The van der Waals surface area contributed by atoms with E-state index < -0.39 is 0 Å². The molecule has 0 aromatic carbocycles. The topological polar surface area (TPSA) is 0 Å². The van der Waals surface area contributed by atoms with Crippen molar-refractivity contribution < 1.29 is 67.1 Å². The first-order valence-corrected chi connectivity index (χ1v) is 0. The van der Waals surface area contributed by atoms with Crippen LogP contribution in [0, 0.1) is 0 Å². The van der Waals surface area contributed by atoms with Crippen molar-refractivity contribution in [3.05, 3.63) is 0 Å². The molecule has 4 heavy (non-hydrogen) atoms. The maximum absolute atomic E-state index is 0. The van der Waals surface area contributed by atoms with Crippen molar-refractivity contribution in [1.82, 2.24) is 0 Å². The minimum Gasteiger partial charge on any atom is 0 e. The van der Waals surface area contributed by atoms with E-state index in [4.69, 9.17) is 0 Å². The third-order valence-corrected chi connectivity index (χ3v) is 0. The van der Waals surface area contributed by atoms with E-state index in [-0.39, 0.29) is 67.1 Å². The molecule has 0 heterocycles. The summed E-state index contributed by atoms with van der Waals surface area (Å²) in [4.78, 5) is 0. The molecule has 0 aliphatic rings. The molecule has 0 aliphatic heterocycles. The van der Waals surface area contributed by atoms with Crippen molar-refractivity contribution in [2.75, 3.05) is 0 Å². The molecular formula is Co4. The maximum atomic E-state index is 0. The molecule has 0 saturated carbocycles. The summed E-state index contributed by atoms with van der Waals surface area (Å²) >= 11 is 0. The Morgan fingerprint density at radius 2 is 0.250 bits per heavy atom. The van der Waals surface area contributed by atoms with Crippen LogP contribution in [0.5, 0.6) is 0 Å². The minimum absolute atomic E-state index is 0. The zero-order valence-corrected chi connectivity index (χ0v) is 5.50. The van der Waals surface area contributed by atoms with Gasteiger partial charge in [-0.2, -0.15) is 0 Å². The van der Waals surface area contributed by atoms with Gasteiger partial charge in [0.25, 0.3) is 0 Å². The van der Waals surface area contributed by atoms with Gasteiger partial charge in [0.1, 0.15) is 0 Å². The average Bonchev–Trinajstić information content (AvgIpc) is 0. The van der Waals surface area contributed by atoms with E-state index in [2.05, 4.69) is 0 Å². The van der Waals surface area contributed by atoms with Crippen molar-refractivity contribution in [2.45, 2.75) is 0 Å². The minimum atomic E-state index is 0. The monoisotopic (exact) mass is 236 g/mol. The second kappa shape index (κ2) is 19.8. The molecule has 0 unspecified atom stereocenters. The van der Waals surface area contributed by atoms with Gasteiger partial charge in [0.2, 0.25) is 0 Å². The summed E-state index contributed by atoms with van der Waals surface area (Å²) in [7, 11) is 0. The Morgan fingerprint density at radius 3 is 0.250 bits per heavy atom. The maximum Gasteiger partial charge on any atom is 0 e. The van der Waals surface area contributed by atoms with Crippen molar-refractivity contribution in [3.63, 3.8) is 0 Å². The number of hydrogen-bond donors (Lipinski definition) is 0. The second-order valence-corrected chi connectivity index (χ2v) is 0. The summed E-state index contributed by atoms with van der Waals surface area (Å²) in [5.41, 5.74) is 0. The van der Waals surface area contributed by atoms with Gasteiger partial charge < -0.3 is 0 Å². The third kappa shape index (κ3) is 8.98. The summed E-state index contributed by atoms with van der Waals surface area (Å²) < 4.78 is 0. The largest absolute Gasteiger partial charge is 0 e. The van der Waals surface area contributed by atoms with Gasteiger partial charge in [-0.15, -0.1) is 0 Å². The normalized spacial score (nSPS) is 0. The predicted molar refractivity (Wildman–Crippen MR) is 0 cm³/mol. The van der Waals surface area contributed by atoms with E-state index in [9.17, 15) is 0 Å². The summed E-state index contributed by atoms with van der Waals surface area (Å²) in [5, 5.41) is 0. The van der Waals surface area contributed by atoms with Crippen LogP contribution in [-0.2, 0) is 67.1 Å². The Hall–Kier alpha value is 2.03. The van der Waals surface area contributed by atoms with Gasteiger partial charge in [0.05, 0.1) is 0 Å². The van der Waals surface area contributed by atoms with Crippen LogP contribution < -0.4 is 0 Å². The van der Waals surface area contributed by atoms with Gasteiger partial charge in [0, 0.05) is 67.1 Å². The van der Waals surface area contributed by atoms with E-state index in [0.717, 1.165) is 0 Å². The molecule has 0 fully saturated rings. The van der Waals surface area contributed by atoms with Crippen LogP contribution in [-0.4, -0.2) is 0 Å². The Balaban J connectivity index is 0. The molecule has 4 radical (unpaired) electrons. The van der Waals surface area contributed by atoms with E-state index in [1.165, 1.54) is 0 Å². The van der Waals surface area contributed by atoms with E-state index >= 15 is 0 Å². The first-order valence-electron chi connectivity index (χ1n) is 0.